The quantitative estimate of drug-likeness (QED) is 0.0214. The monoisotopic (exact) mass is 967 g/mol. The largest absolute Gasteiger partial charge is 0.461 e. The van der Waals surface area contributed by atoms with Crippen molar-refractivity contribution < 1.29 is 53.5 Å². The second kappa shape index (κ2) is 34.8. The summed E-state index contributed by atoms with van der Waals surface area (Å²) in [6.07, 6.45) is 16.1. The van der Waals surface area contributed by atoms with Gasteiger partial charge in [0.15, 0.2) is 5.78 Å². The molecule has 0 aliphatic carbocycles. The maximum atomic E-state index is 14.4. The summed E-state index contributed by atoms with van der Waals surface area (Å²) in [5.41, 5.74) is 8.49. The highest BCUT2D eigenvalue weighted by atomic mass is 16.6. The van der Waals surface area contributed by atoms with E-state index in [0.29, 0.717) is 18.4 Å². The molecule has 388 valence electrons. The summed E-state index contributed by atoms with van der Waals surface area (Å²) in [7, 11) is 0. The lowest BCUT2D eigenvalue weighted by Crippen LogP contribution is -2.75. The minimum Gasteiger partial charge on any atom is -0.461 e. The molecule has 69 heavy (non-hydrogen) atoms. The van der Waals surface area contributed by atoms with Gasteiger partial charge in [0.25, 0.3) is 0 Å². The molecule has 15 nitrogen and oxygen atoms in total. The topological polar surface area (TPSA) is 227 Å². The molecule has 0 aromatic heterocycles. The van der Waals surface area contributed by atoms with Crippen LogP contribution in [0.3, 0.4) is 0 Å². The zero-order valence-electron chi connectivity index (χ0n) is 41.8. The minimum absolute atomic E-state index is 0.00518. The molecule has 1 aliphatic rings. The molecular formula is C54H86N4O11. The highest BCUT2D eigenvalue weighted by molar-refractivity contribution is 5.92. The fourth-order valence-electron chi connectivity index (χ4n) is 8.83. The van der Waals surface area contributed by atoms with E-state index in [9.17, 15) is 39.3 Å². The zero-order valence-corrected chi connectivity index (χ0v) is 41.8. The average molecular weight is 967 g/mol. The Hall–Kier alpha value is -4.41. The predicted molar refractivity (Wildman–Crippen MR) is 266 cm³/mol. The molecule has 0 saturated carbocycles. The average Bonchev–Trinajstić information content (AvgIpc) is 3.35. The van der Waals surface area contributed by atoms with Crippen LogP contribution in [-0.2, 0) is 46.6 Å². The highest BCUT2D eigenvalue weighted by Gasteiger charge is 2.58. The van der Waals surface area contributed by atoms with Gasteiger partial charge in [-0.1, -0.05) is 197 Å². The van der Waals surface area contributed by atoms with Gasteiger partial charge in [0, 0.05) is 19.4 Å². The molecule has 3 amide bonds. The van der Waals surface area contributed by atoms with Crippen LogP contribution in [0.1, 0.15) is 179 Å². The minimum atomic E-state index is -2.30. The summed E-state index contributed by atoms with van der Waals surface area (Å²) < 4.78 is 16.9. The molecule has 2 aromatic carbocycles. The van der Waals surface area contributed by atoms with Crippen LogP contribution in [0.25, 0.3) is 0 Å². The Morgan fingerprint density at radius 2 is 1.14 bits per heavy atom. The number of nitrogens with zero attached hydrogens (tertiary/aromatic N) is 1. The standard InChI is InChI=1S/C54H86N4O11/c1-3-5-7-9-11-13-14-15-17-19-21-29-37-58(47(61)34-28-20-18-16-12-10-8-6-4-2)54(55)49(51(64)50(63)46(39-59)69-54)45(60)38-56-52(65)44(57-53(66)68-41-43-32-26-23-27-33-43)35-36-48(62)67-40-42-30-24-22-25-31-42/h22-27,30-33,44,46,49-51,59,63-64H,3-21,28-29,34-41,55H2,1-2H3,(H,56,65)(H,57,66)/t44-,46+,49+,50+,51+,54-/m0/s1. The van der Waals surface area contributed by atoms with E-state index in [1.54, 1.807) is 36.4 Å². The second-order valence-corrected chi connectivity index (χ2v) is 18.7. The number of ether oxygens (including phenoxy) is 3. The van der Waals surface area contributed by atoms with Crippen molar-refractivity contribution in [2.24, 2.45) is 11.7 Å². The number of nitrogens with two attached hydrogens (primary N) is 1. The molecule has 2 aromatic rings. The van der Waals surface area contributed by atoms with Gasteiger partial charge < -0.3 is 45.1 Å². The van der Waals surface area contributed by atoms with E-state index in [2.05, 4.69) is 24.5 Å². The third-order valence-corrected chi connectivity index (χ3v) is 13.0. The van der Waals surface area contributed by atoms with Crippen molar-refractivity contribution in [2.45, 2.75) is 211 Å². The summed E-state index contributed by atoms with van der Waals surface area (Å²) in [5, 5.41) is 37.9. The first kappa shape index (κ1) is 58.9. The smallest absolute Gasteiger partial charge is 0.408 e. The van der Waals surface area contributed by atoms with Gasteiger partial charge in [0.2, 0.25) is 17.7 Å². The number of carbonyl (C=O) groups is 5. The number of unbranched alkanes of at least 4 members (excludes halogenated alkanes) is 19. The molecule has 1 heterocycles. The van der Waals surface area contributed by atoms with Gasteiger partial charge in [0.1, 0.15) is 37.4 Å². The van der Waals surface area contributed by atoms with E-state index in [1.807, 2.05) is 24.3 Å². The van der Waals surface area contributed by atoms with Crippen molar-refractivity contribution in [1.82, 2.24) is 15.5 Å². The third kappa shape index (κ3) is 22.5. The van der Waals surface area contributed by atoms with Crippen LogP contribution >= 0.6 is 0 Å². The molecule has 15 heteroatoms. The van der Waals surface area contributed by atoms with Crippen molar-refractivity contribution in [3.05, 3.63) is 71.8 Å². The lowest BCUT2D eigenvalue weighted by Gasteiger charge is -2.52. The third-order valence-electron chi connectivity index (χ3n) is 13.0. The number of esters is 1. The van der Waals surface area contributed by atoms with Gasteiger partial charge in [0.05, 0.1) is 19.3 Å². The lowest BCUT2D eigenvalue weighted by atomic mass is 9.82. The van der Waals surface area contributed by atoms with Gasteiger partial charge in [-0.15, -0.1) is 0 Å². The summed E-state index contributed by atoms with van der Waals surface area (Å²) >= 11 is 0. The molecule has 6 atom stereocenters. The van der Waals surface area contributed by atoms with E-state index < -0.39 is 73.0 Å². The molecule has 0 spiro atoms. The Morgan fingerprint density at radius 3 is 1.65 bits per heavy atom. The van der Waals surface area contributed by atoms with E-state index in [1.165, 1.54) is 75.5 Å². The summed E-state index contributed by atoms with van der Waals surface area (Å²) in [6, 6.07) is 16.6. The summed E-state index contributed by atoms with van der Waals surface area (Å²) in [5.74, 6) is -6.79. The van der Waals surface area contributed by atoms with Crippen LogP contribution in [0.4, 0.5) is 4.79 Å². The van der Waals surface area contributed by atoms with Crippen LogP contribution in [0.15, 0.2) is 60.7 Å². The zero-order chi connectivity index (χ0) is 50.1. The van der Waals surface area contributed by atoms with Crippen molar-refractivity contribution in [1.29, 1.82) is 0 Å². The van der Waals surface area contributed by atoms with Crippen LogP contribution in [-0.4, -0.2) is 99.8 Å². The Balaban J connectivity index is 1.75. The number of rotatable bonds is 37. The molecular weight excluding hydrogens is 881 g/mol. The van der Waals surface area contributed by atoms with E-state index >= 15 is 0 Å². The summed E-state index contributed by atoms with van der Waals surface area (Å²) in [6.45, 7) is 2.90. The SMILES string of the molecule is CCCCCCCCCCCCCCN(C(=O)CCCCCCCCCCC)[C@]1(N)O[C@H](CO)[C@@H](O)[C@H](O)[C@H]1C(=O)CNC(=O)[C@H](CCC(=O)OCc1ccccc1)NC(=O)OCc1ccccc1. The fourth-order valence-corrected chi connectivity index (χ4v) is 8.83. The lowest BCUT2D eigenvalue weighted by molar-refractivity contribution is -0.291. The van der Waals surface area contributed by atoms with Crippen molar-refractivity contribution in [3.63, 3.8) is 0 Å². The normalized spacial score (nSPS) is 19.3. The number of benzene rings is 2. The molecule has 1 saturated heterocycles. The maximum Gasteiger partial charge on any atom is 0.408 e. The van der Waals surface area contributed by atoms with Crippen molar-refractivity contribution in [2.75, 3.05) is 19.7 Å². The number of aliphatic hydroxyl groups is 3. The Kier molecular flexibility index (Phi) is 29.7. The van der Waals surface area contributed by atoms with E-state index in [0.717, 1.165) is 56.9 Å². The Labute approximate surface area is 412 Å². The van der Waals surface area contributed by atoms with E-state index in [-0.39, 0.29) is 44.9 Å². The van der Waals surface area contributed by atoms with Gasteiger partial charge in [-0.25, -0.2) is 4.79 Å². The first-order valence-corrected chi connectivity index (χ1v) is 26.2. The number of hydrogen-bond acceptors (Lipinski definition) is 12. The number of alkyl carbamates (subject to hydrolysis) is 1. The van der Waals surface area contributed by atoms with Crippen LogP contribution in [0.2, 0.25) is 0 Å². The number of aliphatic hydroxyl groups excluding tert-OH is 3. The number of ketones is 1. The first-order chi connectivity index (χ1) is 33.4. The van der Waals surface area contributed by atoms with Crippen LogP contribution in [0, 0.1) is 5.92 Å². The number of hydrogen-bond donors (Lipinski definition) is 6. The van der Waals surface area contributed by atoms with Crippen LogP contribution < -0.4 is 16.4 Å². The highest BCUT2D eigenvalue weighted by Crippen LogP contribution is 2.36. The molecule has 1 aliphatic heterocycles. The number of nitrogens with one attached hydrogen (secondary N) is 2. The Morgan fingerprint density at radius 1 is 0.667 bits per heavy atom. The van der Waals surface area contributed by atoms with Gasteiger partial charge >= 0.3 is 12.1 Å². The van der Waals surface area contributed by atoms with Crippen LogP contribution in [0.5, 0.6) is 0 Å². The van der Waals surface area contributed by atoms with Gasteiger partial charge in [-0.3, -0.25) is 24.9 Å². The molecule has 0 radical (unpaired) electrons. The summed E-state index contributed by atoms with van der Waals surface area (Å²) in [4.78, 5) is 69.5. The molecule has 1 fully saturated rings. The van der Waals surface area contributed by atoms with Gasteiger partial charge in [-0.2, -0.15) is 0 Å². The molecule has 7 N–H and O–H groups in total. The molecule has 0 bridgehead atoms. The number of amides is 3. The van der Waals surface area contributed by atoms with Gasteiger partial charge in [-0.05, 0) is 30.4 Å². The molecule has 0 unspecified atom stereocenters. The Bertz CT molecular complexity index is 1740. The van der Waals surface area contributed by atoms with Crippen molar-refractivity contribution in [3.8, 4) is 0 Å². The van der Waals surface area contributed by atoms with E-state index in [4.69, 9.17) is 19.9 Å². The molecule has 3 rings (SSSR count). The number of Topliss-reactive ketones (excluding diaryl/α,β-unsaturated/α-hetero) is 1. The second-order valence-electron chi connectivity index (χ2n) is 18.7. The fraction of sp³-hybridized carbons (Fsp3) is 0.685. The maximum absolute atomic E-state index is 14.4. The van der Waals surface area contributed by atoms with Crippen molar-refractivity contribution >= 4 is 29.7 Å². The predicted octanol–water partition coefficient (Wildman–Crippen LogP) is 8.28. The number of carbonyl (C=O) groups excluding carboxylic acids is 5. The first-order valence-electron chi connectivity index (χ1n) is 26.2.